The molecule has 0 amide bonds. The minimum Gasteiger partial charge on any atom is -0.456 e. The summed E-state index contributed by atoms with van der Waals surface area (Å²) in [5, 5.41) is 2.93. The minimum absolute atomic E-state index is 0.00212. The molecule has 6 nitrogen and oxygen atoms in total. The van der Waals surface area contributed by atoms with Crippen molar-refractivity contribution in [2.45, 2.75) is 37.7 Å². The lowest BCUT2D eigenvalue weighted by Crippen LogP contribution is -2.35. The van der Waals surface area contributed by atoms with Crippen LogP contribution in [0.2, 0.25) is 5.02 Å². The van der Waals surface area contributed by atoms with E-state index in [-0.39, 0.29) is 22.1 Å². The van der Waals surface area contributed by atoms with E-state index in [0.29, 0.717) is 17.9 Å². The second-order valence-electron chi connectivity index (χ2n) is 7.11. The lowest BCUT2D eigenvalue weighted by molar-refractivity contribution is 0.0468. The van der Waals surface area contributed by atoms with Crippen molar-refractivity contribution in [3.05, 3.63) is 74.7 Å². The fourth-order valence-corrected chi connectivity index (χ4v) is 5.98. The van der Waals surface area contributed by atoms with Gasteiger partial charge in [0.15, 0.2) is 0 Å². The monoisotopic (exact) mass is 476 g/mol. The third kappa shape index (κ3) is 4.46. The molecule has 1 aliphatic rings. The summed E-state index contributed by atoms with van der Waals surface area (Å²) < 4.78 is 33.5. The van der Waals surface area contributed by atoms with Crippen LogP contribution in [-0.2, 0) is 34.2 Å². The van der Waals surface area contributed by atoms with E-state index in [4.69, 9.17) is 16.3 Å². The molecule has 0 spiro atoms. The van der Waals surface area contributed by atoms with Crippen molar-refractivity contribution >= 4 is 44.6 Å². The molecular formula is C22H21ClN2O4S2. The van der Waals surface area contributed by atoms with E-state index in [1.54, 1.807) is 6.07 Å². The van der Waals surface area contributed by atoms with Crippen LogP contribution in [0, 0.1) is 0 Å². The Morgan fingerprint density at radius 3 is 2.84 bits per heavy atom. The zero-order chi connectivity index (χ0) is 22.0. The number of carbonyl (C=O) groups is 1. The third-order valence-corrected chi connectivity index (χ3v) is 8.25. The first-order valence-corrected chi connectivity index (χ1v) is 12.6. The predicted molar refractivity (Wildman–Crippen MR) is 121 cm³/mol. The van der Waals surface area contributed by atoms with Gasteiger partial charge in [0.1, 0.15) is 6.61 Å². The molecule has 162 valence electrons. The first kappa shape index (κ1) is 21.8. The summed E-state index contributed by atoms with van der Waals surface area (Å²) in [5.74, 6) is -0.688. The summed E-state index contributed by atoms with van der Waals surface area (Å²) >= 11 is 7.70. The number of sulfonamides is 1. The van der Waals surface area contributed by atoms with Crippen LogP contribution in [-0.4, -0.2) is 25.9 Å². The van der Waals surface area contributed by atoms with Crippen molar-refractivity contribution in [3.63, 3.8) is 0 Å². The van der Waals surface area contributed by atoms with Gasteiger partial charge in [-0.15, -0.1) is 11.3 Å². The zero-order valence-corrected chi connectivity index (χ0v) is 19.3. The van der Waals surface area contributed by atoms with Crippen molar-refractivity contribution in [3.8, 4) is 0 Å². The molecule has 9 heteroatoms. The zero-order valence-electron chi connectivity index (χ0n) is 16.9. The van der Waals surface area contributed by atoms with Gasteiger partial charge >= 0.3 is 5.97 Å². The predicted octanol–water partition coefficient (Wildman–Crippen LogP) is 4.86. The number of ether oxygens (including phenoxy) is 1. The molecule has 31 heavy (non-hydrogen) atoms. The molecule has 4 rings (SSSR count). The van der Waals surface area contributed by atoms with Crippen LogP contribution < -0.4 is 4.31 Å². The number of para-hydroxylation sites is 1. The summed E-state index contributed by atoms with van der Waals surface area (Å²) in [7, 11) is -3.86. The smallest absolute Gasteiger partial charge is 0.340 e. The van der Waals surface area contributed by atoms with Gasteiger partial charge in [-0.25, -0.2) is 18.2 Å². The van der Waals surface area contributed by atoms with Crippen LogP contribution in [0.4, 0.5) is 5.69 Å². The molecule has 0 bridgehead atoms. The number of aromatic nitrogens is 1. The number of halogens is 1. The molecule has 3 aromatic rings. The van der Waals surface area contributed by atoms with E-state index in [1.165, 1.54) is 33.8 Å². The van der Waals surface area contributed by atoms with E-state index < -0.39 is 16.0 Å². The Kier molecular flexibility index (Phi) is 6.31. The molecule has 0 radical (unpaired) electrons. The first-order valence-electron chi connectivity index (χ1n) is 9.90. The minimum atomic E-state index is -3.86. The number of nitrogens with zero attached hydrogens (tertiary/aromatic N) is 2. The third-order valence-electron chi connectivity index (χ3n) is 5.07. The van der Waals surface area contributed by atoms with Crippen LogP contribution in [0.25, 0.3) is 0 Å². The number of aryl methyl sites for hydroxylation is 2. The molecule has 0 aliphatic carbocycles. The number of esters is 1. The number of hydrogen-bond acceptors (Lipinski definition) is 6. The molecule has 2 aromatic carbocycles. The topological polar surface area (TPSA) is 76.6 Å². The van der Waals surface area contributed by atoms with Crippen LogP contribution in [0.15, 0.2) is 52.7 Å². The fourth-order valence-electron chi connectivity index (χ4n) is 3.49. The molecule has 0 fully saturated rings. The van der Waals surface area contributed by atoms with Gasteiger partial charge in [-0.05, 0) is 49.1 Å². The Hall–Kier alpha value is -2.42. The standard InChI is InChI=1S/C22H21ClN2O4S2/c1-2-21-24-16(14-30-21)13-29-22(26)18-12-17(9-10-19(18)23)31(27,28)25-11-5-7-15-6-3-4-8-20(15)25/h3-4,6,8-10,12,14H,2,5,7,11,13H2,1H3. The maximum absolute atomic E-state index is 13.4. The number of fused-ring (bicyclic) bond motifs is 1. The molecule has 1 aromatic heterocycles. The number of anilines is 1. The Balaban J connectivity index is 1.59. The normalized spacial score (nSPS) is 13.7. The molecule has 0 saturated carbocycles. The Labute approximate surface area is 190 Å². The molecule has 0 atom stereocenters. The summed E-state index contributed by atoms with van der Waals surface area (Å²) in [5.41, 5.74) is 2.32. The van der Waals surface area contributed by atoms with E-state index in [1.807, 2.05) is 30.5 Å². The molecule has 2 heterocycles. The van der Waals surface area contributed by atoms with E-state index >= 15 is 0 Å². The van der Waals surface area contributed by atoms with E-state index in [0.717, 1.165) is 29.8 Å². The maximum atomic E-state index is 13.4. The Bertz CT molecular complexity index is 1220. The summed E-state index contributed by atoms with van der Waals surface area (Å²) in [6.07, 6.45) is 2.37. The van der Waals surface area contributed by atoms with Gasteiger partial charge in [-0.2, -0.15) is 0 Å². The second-order valence-corrected chi connectivity index (χ2v) is 10.3. The van der Waals surface area contributed by atoms with Crippen LogP contribution in [0.1, 0.15) is 40.0 Å². The highest BCUT2D eigenvalue weighted by Crippen LogP contribution is 2.33. The lowest BCUT2D eigenvalue weighted by Gasteiger charge is -2.30. The maximum Gasteiger partial charge on any atom is 0.340 e. The Morgan fingerprint density at radius 1 is 1.26 bits per heavy atom. The highest BCUT2D eigenvalue weighted by Gasteiger charge is 2.30. The molecule has 0 N–H and O–H groups in total. The van der Waals surface area contributed by atoms with Crippen molar-refractivity contribution in [2.24, 2.45) is 0 Å². The van der Waals surface area contributed by atoms with E-state index in [9.17, 15) is 13.2 Å². The van der Waals surface area contributed by atoms with Crippen molar-refractivity contribution in [1.29, 1.82) is 0 Å². The van der Waals surface area contributed by atoms with Crippen LogP contribution in [0.3, 0.4) is 0 Å². The quantitative estimate of drug-likeness (QED) is 0.475. The van der Waals surface area contributed by atoms with Gasteiger partial charge in [0.05, 0.1) is 31.9 Å². The number of rotatable bonds is 6. The van der Waals surface area contributed by atoms with Crippen LogP contribution in [0.5, 0.6) is 0 Å². The fraction of sp³-hybridized carbons (Fsp3) is 0.273. The van der Waals surface area contributed by atoms with Crippen LogP contribution >= 0.6 is 22.9 Å². The molecule has 0 saturated heterocycles. The molecule has 0 unspecified atom stereocenters. The van der Waals surface area contributed by atoms with Gasteiger partial charge < -0.3 is 4.74 Å². The average Bonchev–Trinajstić information content (AvgIpc) is 3.25. The van der Waals surface area contributed by atoms with Gasteiger partial charge in [-0.3, -0.25) is 4.31 Å². The number of hydrogen-bond donors (Lipinski definition) is 0. The average molecular weight is 477 g/mol. The van der Waals surface area contributed by atoms with E-state index in [2.05, 4.69) is 4.98 Å². The van der Waals surface area contributed by atoms with Crippen molar-refractivity contribution < 1.29 is 17.9 Å². The summed E-state index contributed by atoms with van der Waals surface area (Å²) in [6.45, 7) is 2.38. The van der Waals surface area contributed by atoms with Gasteiger partial charge in [-0.1, -0.05) is 36.7 Å². The highest BCUT2D eigenvalue weighted by atomic mass is 35.5. The lowest BCUT2D eigenvalue weighted by atomic mass is 10.0. The number of benzene rings is 2. The Morgan fingerprint density at radius 2 is 2.06 bits per heavy atom. The van der Waals surface area contributed by atoms with Crippen molar-refractivity contribution in [1.82, 2.24) is 4.98 Å². The largest absolute Gasteiger partial charge is 0.456 e. The molecule has 1 aliphatic heterocycles. The summed E-state index contributed by atoms with van der Waals surface area (Å²) in [6, 6.07) is 11.6. The number of thiazole rings is 1. The van der Waals surface area contributed by atoms with Gasteiger partial charge in [0.2, 0.25) is 0 Å². The second kappa shape index (κ2) is 8.98. The highest BCUT2D eigenvalue weighted by molar-refractivity contribution is 7.92. The van der Waals surface area contributed by atoms with Gasteiger partial charge in [0, 0.05) is 11.9 Å². The molecular weight excluding hydrogens is 456 g/mol. The SMILES string of the molecule is CCc1nc(COC(=O)c2cc(S(=O)(=O)N3CCCc4ccccc43)ccc2Cl)cs1. The number of carbonyl (C=O) groups excluding carboxylic acids is 1. The van der Waals surface area contributed by atoms with Gasteiger partial charge in [0.25, 0.3) is 10.0 Å². The first-order chi connectivity index (χ1) is 14.9. The summed E-state index contributed by atoms with van der Waals surface area (Å²) in [4.78, 5) is 17.0. The van der Waals surface area contributed by atoms with Crippen molar-refractivity contribution in [2.75, 3.05) is 10.8 Å².